The Balaban J connectivity index is 0.000000315. The molecule has 0 radical (unpaired) electrons. The van der Waals surface area contributed by atoms with Crippen LogP contribution in [0.3, 0.4) is 0 Å². The van der Waals surface area contributed by atoms with Crippen LogP contribution in [0, 0.1) is 5.92 Å². The molecular formula is C13H22N2O6. The molecule has 0 bridgehead atoms. The fraction of sp³-hybridized carbons (Fsp3) is 0.769. The van der Waals surface area contributed by atoms with E-state index in [0.29, 0.717) is 12.0 Å². The number of carbonyl (C=O) groups is 3. The van der Waals surface area contributed by atoms with Gasteiger partial charge in [-0.3, -0.25) is 0 Å². The highest BCUT2D eigenvalue weighted by atomic mass is 16.6. The van der Waals surface area contributed by atoms with Crippen LogP contribution in [0.15, 0.2) is 0 Å². The van der Waals surface area contributed by atoms with Crippen molar-refractivity contribution in [2.24, 2.45) is 5.92 Å². The number of carboxylic acids is 2. The van der Waals surface area contributed by atoms with Gasteiger partial charge in [0.05, 0.1) is 6.04 Å². The lowest BCUT2D eigenvalue weighted by Gasteiger charge is -2.50. The number of nitrogens with one attached hydrogen (secondary N) is 1. The number of ether oxygens (including phenoxy) is 1. The molecule has 3 N–H and O–H groups in total. The van der Waals surface area contributed by atoms with E-state index in [2.05, 4.69) is 5.32 Å². The number of piperidine rings is 1. The summed E-state index contributed by atoms with van der Waals surface area (Å²) in [7, 11) is 0. The number of fused-ring (bicyclic) bond motifs is 1. The molecule has 2 rings (SSSR count). The Kier molecular flexibility index (Phi) is 5.54. The molecule has 2 heterocycles. The van der Waals surface area contributed by atoms with Gasteiger partial charge in [0.1, 0.15) is 5.60 Å². The second-order valence-corrected chi connectivity index (χ2v) is 6.06. The van der Waals surface area contributed by atoms with Gasteiger partial charge >= 0.3 is 18.0 Å². The van der Waals surface area contributed by atoms with Gasteiger partial charge in [0.25, 0.3) is 0 Å². The van der Waals surface area contributed by atoms with Gasteiger partial charge < -0.3 is 25.2 Å². The lowest BCUT2D eigenvalue weighted by Crippen LogP contribution is -2.65. The number of aliphatic carboxylic acids is 2. The van der Waals surface area contributed by atoms with E-state index in [-0.39, 0.29) is 11.7 Å². The number of carboxylic acid groups (broad SMARTS) is 2. The summed E-state index contributed by atoms with van der Waals surface area (Å²) in [6.45, 7) is 8.60. The number of carbonyl (C=O) groups excluding carboxylic acids is 1. The SMILES string of the molecule is CC(C)(C)OC(=O)N1C[C@@H]2CCNC[C@@H]21.O=C(O)C(=O)O. The molecule has 8 nitrogen and oxygen atoms in total. The topological polar surface area (TPSA) is 116 Å². The number of amides is 1. The summed E-state index contributed by atoms with van der Waals surface area (Å²) in [6, 6.07) is 0.369. The minimum atomic E-state index is -1.82. The van der Waals surface area contributed by atoms with Gasteiger partial charge in [-0.05, 0) is 39.7 Å². The Morgan fingerprint density at radius 2 is 1.76 bits per heavy atom. The predicted octanol–water partition coefficient (Wildman–Crippen LogP) is 0.371. The molecule has 21 heavy (non-hydrogen) atoms. The van der Waals surface area contributed by atoms with Crippen molar-refractivity contribution in [1.82, 2.24) is 10.2 Å². The minimum Gasteiger partial charge on any atom is -0.473 e. The summed E-state index contributed by atoms with van der Waals surface area (Å²) in [5, 5.41) is 18.1. The van der Waals surface area contributed by atoms with Gasteiger partial charge in [-0.2, -0.15) is 0 Å². The van der Waals surface area contributed by atoms with E-state index >= 15 is 0 Å². The number of hydrogen-bond donors (Lipinski definition) is 3. The smallest absolute Gasteiger partial charge is 0.414 e. The second-order valence-electron chi connectivity index (χ2n) is 6.06. The van der Waals surface area contributed by atoms with Crippen LogP contribution in [0.25, 0.3) is 0 Å². The van der Waals surface area contributed by atoms with Crippen LogP contribution in [0.1, 0.15) is 27.2 Å². The van der Waals surface area contributed by atoms with Crippen molar-refractivity contribution in [3.63, 3.8) is 0 Å². The number of rotatable bonds is 0. The third-order valence-corrected chi connectivity index (χ3v) is 3.23. The Labute approximate surface area is 123 Å². The predicted molar refractivity (Wildman–Crippen MR) is 73.0 cm³/mol. The van der Waals surface area contributed by atoms with Gasteiger partial charge in [0.2, 0.25) is 0 Å². The average Bonchev–Trinajstić information content (AvgIpc) is 2.29. The highest BCUT2D eigenvalue weighted by Crippen LogP contribution is 2.30. The standard InChI is InChI=1S/C11H20N2O2.C2H2O4/c1-11(2,3)15-10(14)13-7-8-4-5-12-6-9(8)13;3-1(4)2(5)6/h8-9,12H,4-7H2,1-3H3;(H,3,4)(H,5,6)/t8-,9-;/m0./s1. The first-order valence-corrected chi connectivity index (χ1v) is 6.78. The van der Waals surface area contributed by atoms with E-state index in [0.717, 1.165) is 19.6 Å². The van der Waals surface area contributed by atoms with Gasteiger partial charge in [-0.15, -0.1) is 0 Å². The summed E-state index contributed by atoms with van der Waals surface area (Å²) >= 11 is 0. The fourth-order valence-corrected chi connectivity index (χ4v) is 2.25. The van der Waals surface area contributed by atoms with Gasteiger partial charge in [-0.25, -0.2) is 14.4 Å². The monoisotopic (exact) mass is 302 g/mol. The van der Waals surface area contributed by atoms with Crippen LogP contribution in [0.4, 0.5) is 4.79 Å². The van der Waals surface area contributed by atoms with Crippen LogP contribution < -0.4 is 5.32 Å². The molecule has 2 aliphatic rings. The molecule has 2 atom stereocenters. The molecule has 0 aromatic rings. The molecular weight excluding hydrogens is 280 g/mol. The molecule has 8 heteroatoms. The Morgan fingerprint density at radius 1 is 1.19 bits per heavy atom. The van der Waals surface area contributed by atoms with Crippen LogP contribution >= 0.6 is 0 Å². The molecule has 2 saturated heterocycles. The highest BCUT2D eigenvalue weighted by Gasteiger charge is 2.44. The van der Waals surface area contributed by atoms with E-state index in [1.807, 2.05) is 25.7 Å². The van der Waals surface area contributed by atoms with Crippen LogP contribution in [0.5, 0.6) is 0 Å². The molecule has 120 valence electrons. The Hall–Kier alpha value is -1.83. The number of likely N-dealkylation sites (tertiary alicyclic amines) is 1. The van der Waals surface area contributed by atoms with Crippen LogP contribution in [0.2, 0.25) is 0 Å². The molecule has 1 amide bonds. The summed E-state index contributed by atoms with van der Waals surface area (Å²) in [5.74, 6) is -2.95. The highest BCUT2D eigenvalue weighted by molar-refractivity contribution is 6.27. The van der Waals surface area contributed by atoms with Crippen molar-refractivity contribution < 1.29 is 29.3 Å². The third kappa shape index (κ3) is 5.22. The van der Waals surface area contributed by atoms with Gasteiger partial charge in [0.15, 0.2) is 0 Å². The minimum absolute atomic E-state index is 0.160. The molecule has 0 unspecified atom stereocenters. The maximum absolute atomic E-state index is 11.8. The summed E-state index contributed by atoms with van der Waals surface area (Å²) in [4.78, 5) is 31.8. The summed E-state index contributed by atoms with van der Waals surface area (Å²) in [5.41, 5.74) is -0.385. The molecule has 0 aliphatic carbocycles. The second kappa shape index (κ2) is 6.75. The third-order valence-electron chi connectivity index (χ3n) is 3.23. The van der Waals surface area contributed by atoms with E-state index in [4.69, 9.17) is 24.5 Å². The molecule has 0 aromatic carbocycles. The van der Waals surface area contributed by atoms with Crippen molar-refractivity contribution in [2.45, 2.75) is 38.8 Å². The molecule has 0 aromatic heterocycles. The maximum Gasteiger partial charge on any atom is 0.414 e. The molecule has 0 spiro atoms. The normalized spacial score (nSPS) is 23.9. The van der Waals surface area contributed by atoms with Crippen molar-refractivity contribution in [3.05, 3.63) is 0 Å². The average molecular weight is 302 g/mol. The van der Waals surface area contributed by atoms with Crippen molar-refractivity contribution in [3.8, 4) is 0 Å². The van der Waals surface area contributed by atoms with Crippen molar-refractivity contribution >= 4 is 18.0 Å². The van der Waals surface area contributed by atoms with E-state index < -0.39 is 11.9 Å². The van der Waals surface area contributed by atoms with Crippen molar-refractivity contribution in [1.29, 1.82) is 0 Å². The lowest BCUT2D eigenvalue weighted by atomic mass is 9.83. The number of nitrogens with zero attached hydrogens (tertiary/aromatic N) is 1. The first-order valence-electron chi connectivity index (χ1n) is 6.78. The zero-order chi connectivity index (χ0) is 16.2. The maximum atomic E-state index is 11.8. The van der Waals surface area contributed by atoms with E-state index in [1.54, 1.807) is 0 Å². The fourth-order valence-electron chi connectivity index (χ4n) is 2.25. The lowest BCUT2D eigenvalue weighted by molar-refractivity contribution is -0.159. The van der Waals surface area contributed by atoms with Crippen LogP contribution in [-0.4, -0.2) is 64.4 Å². The quantitative estimate of drug-likeness (QED) is 0.553. The number of hydrogen-bond acceptors (Lipinski definition) is 5. The Morgan fingerprint density at radius 3 is 2.19 bits per heavy atom. The first-order chi connectivity index (χ1) is 9.61. The molecule has 2 fully saturated rings. The molecule has 0 saturated carbocycles. The van der Waals surface area contributed by atoms with Gasteiger partial charge in [-0.1, -0.05) is 0 Å². The van der Waals surface area contributed by atoms with Crippen LogP contribution in [-0.2, 0) is 14.3 Å². The van der Waals surface area contributed by atoms with Crippen molar-refractivity contribution in [2.75, 3.05) is 19.6 Å². The summed E-state index contributed by atoms with van der Waals surface area (Å²) in [6.07, 6.45) is 1.02. The van der Waals surface area contributed by atoms with E-state index in [1.165, 1.54) is 6.42 Å². The zero-order valence-electron chi connectivity index (χ0n) is 12.5. The largest absolute Gasteiger partial charge is 0.473 e. The Bertz CT molecular complexity index is 405. The first kappa shape index (κ1) is 17.2. The summed E-state index contributed by atoms with van der Waals surface area (Å²) < 4.78 is 5.35. The van der Waals surface area contributed by atoms with Gasteiger partial charge in [0, 0.05) is 13.1 Å². The van der Waals surface area contributed by atoms with E-state index in [9.17, 15) is 4.79 Å². The molecule has 2 aliphatic heterocycles. The zero-order valence-corrected chi connectivity index (χ0v) is 12.5.